The van der Waals surface area contributed by atoms with E-state index in [1.807, 2.05) is 30.6 Å². The number of rotatable bonds is 6. The van der Waals surface area contributed by atoms with Crippen LogP contribution in [0, 0.1) is 0 Å². The predicted molar refractivity (Wildman–Crippen MR) is 96.6 cm³/mol. The summed E-state index contributed by atoms with van der Waals surface area (Å²) in [7, 11) is 0. The van der Waals surface area contributed by atoms with Gasteiger partial charge in [0.25, 0.3) is 0 Å². The molecule has 0 radical (unpaired) electrons. The molecule has 0 aliphatic rings. The molecule has 116 valence electrons. The van der Waals surface area contributed by atoms with Crippen molar-refractivity contribution in [3.63, 3.8) is 0 Å². The molecule has 2 aromatic heterocycles. The van der Waals surface area contributed by atoms with Gasteiger partial charge in [0.05, 0.1) is 5.69 Å². The summed E-state index contributed by atoms with van der Waals surface area (Å²) in [5.41, 5.74) is 4.54. The van der Waals surface area contributed by atoms with Crippen molar-refractivity contribution in [2.75, 3.05) is 0 Å². The highest BCUT2D eigenvalue weighted by atomic mass is 14.7. The molecule has 2 rings (SSSR count). The minimum Gasteiger partial charge on any atom is -0.261 e. The van der Waals surface area contributed by atoms with Crippen LogP contribution in [0.25, 0.3) is 12.2 Å². The average molecular weight is 294 g/mol. The quantitative estimate of drug-likeness (QED) is 0.717. The van der Waals surface area contributed by atoms with Gasteiger partial charge < -0.3 is 0 Å². The van der Waals surface area contributed by atoms with Gasteiger partial charge >= 0.3 is 0 Å². The van der Waals surface area contributed by atoms with E-state index in [2.05, 4.69) is 49.1 Å². The van der Waals surface area contributed by atoms with E-state index in [1.165, 1.54) is 24.1 Å². The van der Waals surface area contributed by atoms with Crippen LogP contribution in [0.2, 0.25) is 0 Å². The zero-order valence-corrected chi connectivity index (χ0v) is 13.8. The summed E-state index contributed by atoms with van der Waals surface area (Å²) in [6.07, 6.45) is 11.9. The van der Waals surface area contributed by atoms with Crippen molar-refractivity contribution in [3.8, 4) is 0 Å². The number of hydrogen-bond acceptors (Lipinski definition) is 2. The normalized spacial score (nSPS) is 9.55. The van der Waals surface area contributed by atoms with Gasteiger partial charge in [-0.1, -0.05) is 45.6 Å². The molecule has 0 atom stereocenters. The van der Waals surface area contributed by atoms with Crippen LogP contribution in [0.15, 0.2) is 49.8 Å². The summed E-state index contributed by atoms with van der Waals surface area (Å²) in [5.74, 6) is 0. The van der Waals surface area contributed by atoms with Gasteiger partial charge in [0, 0.05) is 18.1 Å². The maximum atomic E-state index is 4.32. The molecule has 22 heavy (non-hydrogen) atoms. The summed E-state index contributed by atoms with van der Waals surface area (Å²) >= 11 is 0. The van der Waals surface area contributed by atoms with Crippen LogP contribution in [-0.2, 0) is 12.8 Å². The first-order valence-electron chi connectivity index (χ1n) is 7.88. The molecule has 0 aliphatic heterocycles. The zero-order chi connectivity index (χ0) is 16.2. The van der Waals surface area contributed by atoms with Crippen molar-refractivity contribution in [1.29, 1.82) is 0 Å². The molecular weight excluding hydrogens is 268 g/mol. The van der Waals surface area contributed by atoms with E-state index in [1.54, 1.807) is 6.08 Å². The summed E-state index contributed by atoms with van der Waals surface area (Å²) in [5, 5.41) is 0. The third-order valence-corrected chi connectivity index (χ3v) is 3.33. The lowest BCUT2D eigenvalue weighted by Crippen LogP contribution is -1.89. The van der Waals surface area contributed by atoms with Crippen molar-refractivity contribution in [2.24, 2.45) is 0 Å². The highest BCUT2D eigenvalue weighted by Gasteiger charge is 1.92. The van der Waals surface area contributed by atoms with E-state index in [9.17, 15) is 0 Å². The fraction of sp³-hybridized carbons (Fsp3) is 0.300. The summed E-state index contributed by atoms with van der Waals surface area (Å²) < 4.78 is 0. The molecule has 0 fully saturated rings. The maximum Gasteiger partial charge on any atom is 0.0626 e. The Hall–Kier alpha value is -2.22. The Balaban J connectivity index is 0.000000224. The van der Waals surface area contributed by atoms with Gasteiger partial charge in [-0.25, -0.2) is 0 Å². The second kappa shape index (κ2) is 10.5. The zero-order valence-electron chi connectivity index (χ0n) is 13.8. The van der Waals surface area contributed by atoms with Gasteiger partial charge in [0.2, 0.25) is 0 Å². The maximum absolute atomic E-state index is 4.32. The van der Waals surface area contributed by atoms with Gasteiger partial charge in [-0.3, -0.25) is 9.97 Å². The van der Waals surface area contributed by atoms with E-state index in [4.69, 9.17) is 0 Å². The van der Waals surface area contributed by atoms with Crippen molar-refractivity contribution >= 4 is 12.2 Å². The van der Waals surface area contributed by atoms with Crippen LogP contribution >= 0.6 is 0 Å². The minimum absolute atomic E-state index is 0.958. The van der Waals surface area contributed by atoms with Crippen molar-refractivity contribution < 1.29 is 0 Å². The topological polar surface area (TPSA) is 25.8 Å². The molecule has 0 amide bonds. The van der Waals surface area contributed by atoms with Gasteiger partial charge in [-0.05, 0) is 54.7 Å². The molecule has 2 nitrogen and oxygen atoms in total. The fourth-order valence-corrected chi connectivity index (χ4v) is 1.89. The molecule has 0 saturated heterocycles. The number of unbranched alkanes of at least 4 members (excludes halogenated alkanes) is 1. The molecule has 2 aromatic rings. The van der Waals surface area contributed by atoms with Crippen LogP contribution in [-0.4, -0.2) is 9.97 Å². The molecule has 0 aliphatic carbocycles. The van der Waals surface area contributed by atoms with Crippen molar-refractivity contribution in [1.82, 2.24) is 9.97 Å². The average Bonchev–Trinajstić information content (AvgIpc) is 2.61. The molecular formula is C20H26N2. The van der Waals surface area contributed by atoms with Crippen LogP contribution in [0.3, 0.4) is 0 Å². The second-order valence-corrected chi connectivity index (χ2v) is 5.04. The fourth-order valence-electron chi connectivity index (χ4n) is 1.89. The first kappa shape index (κ1) is 17.8. The number of nitrogens with zero attached hydrogens (tertiary/aromatic N) is 2. The SMILES string of the molecule is C=Cc1cc(CC)ccn1.C=Cc1ccc(CCCC)nc1. The highest BCUT2D eigenvalue weighted by molar-refractivity contribution is 5.45. The van der Waals surface area contributed by atoms with Crippen LogP contribution < -0.4 is 0 Å². The van der Waals surface area contributed by atoms with Gasteiger partial charge in [0.15, 0.2) is 0 Å². The van der Waals surface area contributed by atoms with E-state index >= 15 is 0 Å². The summed E-state index contributed by atoms with van der Waals surface area (Å²) in [6.45, 7) is 11.6. The van der Waals surface area contributed by atoms with Gasteiger partial charge in [-0.15, -0.1) is 0 Å². The molecule has 0 N–H and O–H groups in total. The lowest BCUT2D eigenvalue weighted by atomic mass is 10.1. The van der Waals surface area contributed by atoms with E-state index in [0.29, 0.717) is 0 Å². The van der Waals surface area contributed by atoms with Gasteiger partial charge in [-0.2, -0.15) is 0 Å². The Labute approximate surface area is 134 Å². The van der Waals surface area contributed by atoms with Crippen LogP contribution in [0.4, 0.5) is 0 Å². The Morgan fingerprint density at radius 1 is 1.05 bits per heavy atom. The first-order chi connectivity index (χ1) is 10.7. The Bertz CT molecular complexity index is 571. The molecule has 0 spiro atoms. The molecule has 0 unspecified atom stereocenters. The standard InChI is InChI=1S/C11H15N.C9H11N/c1-3-5-6-11-8-7-10(4-2)9-12-11;1-3-8-5-6-10-9(4-2)7-8/h4,7-9H,2-3,5-6H2,1H3;4-7H,2-3H2,1H3. The van der Waals surface area contributed by atoms with Crippen molar-refractivity contribution in [2.45, 2.75) is 39.5 Å². The molecule has 0 saturated carbocycles. The third-order valence-electron chi connectivity index (χ3n) is 3.33. The molecule has 0 aromatic carbocycles. The third kappa shape index (κ3) is 6.49. The summed E-state index contributed by atoms with van der Waals surface area (Å²) in [4.78, 5) is 8.40. The largest absolute Gasteiger partial charge is 0.261 e. The lowest BCUT2D eigenvalue weighted by molar-refractivity contribution is 0.776. The Kier molecular flexibility index (Phi) is 8.51. The van der Waals surface area contributed by atoms with E-state index in [-0.39, 0.29) is 0 Å². The minimum atomic E-state index is 0.958. The van der Waals surface area contributed by atoms with Crippen LogP contribution in [0.1, 0.15) is 49.2 Å². The van der Waals surface area contributed by atoms with E-state index in [0.717, 1.165) is 24.1 Å². The lowest BCUT2D eigenvalue weighted by Gasteiger charge is -1.98. The number of aryl methyl sites for hydroxylation is 2. The Morgan fingerprint density at radius 3 is 2.41 bits per heavy atom. The molecule has 2 heterocycles. The molecule has 2 heteroatoms. The second-order valence-electron chi connectivity index (χ2n) is 5.04. The summed E-state index contributed by atoms with van der Waals surface area (Å²) in [6, 6.07) is 8.21. The first-order valence-corrected chi connectivity index (χ1v) is 7.88. The van der Waals surface area contributed by atoms with Crippen LogP contribution in [0.5, 0.6) is 0 Å². The highest BCUT2D eigenvalue weighted by Crippen LogP contribution is 2.04. The van der Waals surface area contributed by atoms with E-state index < -0.39 is 0 Å². The predicted octanol–water partition coefficient (Wildman–Crippen LogP) is 5.35. The molecule has 0 bridgehead atoms. The van der Waals surface area contributed by atoms with Gasteiger partial charge in [0.1, 0.15) is 0 Å². The number of aromatic nitrogens is 2. The monoisotopic (exact) mass is 294 g/mol. The Morgan fingerprint density at radius 2 is 1.86 bits per heavy atom. The van der Waals surface area contributed by atoms with Crippen molar-refractivity contribution in [3.05, 3.63) is 72.3 Å². The number of pyridine rings is 2. The smallest absolute Gasteiger partial charge is 0.0626 e. The number of hydrogen-bond donors (Lipinski definition) is 0.